The van der Waals surface area contributed by atoms with Crippen LogP contribution in [0.4, 0.5) is 0 Å². The summed E-state index contributed by atoms with van der Waals surface area (Å²) in [5, 5.41) is 3.05. The first-order valence-corrected chi connectivity index (χ1v) is 5.51. The Morgan fingerprint density at radius 3 is 2.78 bits per heavy atom. The van der Waals surface area contributed by atoms with Crippen LogP contribution in [0.15, 0.2) is 17.1 Å². The lowest BCUT2D eigenvalue weighted by Gasteiger charge is -2.24. The predicted octanol–water partition coefficient (Wildman–Crippen LogP) is 0.965. The summed E-state index contributed by atoms with van der Waals surface area (Å²) < 4.78 is 0. The molecule has 0 fully saturated rings. The molecule has 1 unspecified atom stereocenters. The zero-order chi connectivity index (χ0) is 12.6. The average molecular weight is 355 g/mol. The summed E-state index contributed by atoms with van der Waals surface area (Å²) in [7, 11) is 0. The third-order valence-electron chi connectivity index (χ3n) is 2.13. The van der Waals surface area contributed by atoms with E-state index in [1.54, 1.807) is 12.1 Å². The molecule has 98 valence electrons. The Hall–Kier alpha value is -0.820. The van der Waals surface area contributed by atoms with Gasteiger partial charge in [0, 0.05) is 12.1 Å². The molecule has 1 atom stereocenters. The maximum Gasteiger partial charge on any atom is 0.329 e. The van der Waals surface area contributed by atoms with Crippen LogP contribution in [0.1, 0.15) is 6.92 Å². The van der Waals surface area contributed by atoms with E-state index in [0.717, 1.165) is 5.06 Å². The van der Waals surface area contributed by atoms with Crippen molar-refractivity contribution in [2.45, 2.75) is 13.2 Å². The van der Waals surface area contributed by atoms with Crippen LogP contribution in [0.3, 0.4) is 0 Å². The molecule has 2 N–H and O–H groups in total. The molecule has 0 aliphatic carbocycles. The second kappa shape index (κ2) is 5.88. The summed E-state index contributed by atoms with van der Waals surface area (Å²) in [6, 6.07) is 3.33. The summed E-state index contributed by atoms with van der Waals surface area (Å²) >= 11 is 11.9. The summed E-state index contributed by atoms with van der Waals surface area (Å²) in [6.07, 6.45) is 0.714. The number of nitrogens with two attached hydrogens (primary N) is 1. The minimum atomic E-state index is -0.788. The van der Waals surface area contributed by atoms with E-state index in [2.05, 4.69) is 4.99 Å². The van der Waals surface area contributed by atoms with Crippen LogP contribution in [0.25, 0.3) is 6.20 Å². The van der Waals surface area contributed by atoms with Gasteiger partial charge in [0.2, 0.25) is 6.29 Å². The van der Waals surface area contributed by atoms with E-state index in [1.807, 2.05) is 0 Å². The molecule has 1 aromatic rings. The lowest BCUT2D eigenvalue weighted by molar-refractivity contribution is -0.178. The van der Waals surface area contributed by atoms with E-state index in [4.69, 9.17) is 33.8 Å². The normalized spacial score (nSPS) is 16.9. The fourth-order valence-electron chi connectivity index (χ4n) is 1.42. The van der Waals surface area contributed by atoms with Gasteiger partial charge in [0.15, 0.2) is 0 Å². The first kappa shape index (κ1) is 15.2. The van der Waals surface area contributed by atoms with Crippen LogP contribution >= 0.6 is 40.2 Å². The second-order valence-corrected chi connectivity index (χ2v) is 4.19. The molecular formula is C10H10BrCl2N3O2. The van der Waals surface area contributed by atoms with Crippen molar-refractivity contribution in [3.8, 4) is 0 Å². The molecule has 0 spiro atoms. The first-order chi connectivity index (χ1) is 7.99. The van der Waals surface area contributed by atoms with Gasteiger partial charge < -0.3 is 4.84 Å². The quantitative estimate of drug-likeness (QED) is 0.815. The van der Waals surface area contributed by atoms with Gasteiger partial charge >= 0.3 is 5.97 Å². The summed E-state index contributed by atoms with van der Waals surface area (Å²) in [6.45, 7) is 1.27. The van der Waals surface area contributed by atoms with Crippen LogP contribution in [-0.2, 0) is 9.63 Å². The van der Waals surface area contributed by atoms with Gasteiger partial charge in [-0.05, 0) is 12.1 Å². The van der Waals surface area contributed by atoms with Gasteiger partial charge in [0.25, 0.3) is 0 Å². The number of halogens is 3. The molecule has 18 heavy (non-hydrogen) atoms. The van der Waals surface area contributed by atoms with E-state index in [1.165, 1.54) is 13.1 Å². The number of nitrogens with zero attached hydrogens (tertiary/aromatic N) is 2. The number of carbonyl (C=O) groups excluding carboxylic acids is 1. The highest BCUT2D eigenvalue weighted by molar-refractivity contribution is 8.93. The van der Waals surface area contributed by atoms with E-state index >= 15 is 0 Å². The third-order valence-corrected chi connectivity index (χ3v) is 2.95. The monoisotopic (exact) mass is 353 g/mol. The molecule has 0 saturated carbocycles. The Balaban J connectivity index is 0.00000162. The van der Waals surface area contributed by atoms with E-state index in [0.29, 0.717) is 20.6 Å². The Morgan fingerprint density at radius 1 is 1.50 bits per heavy atom. The van der Waals surface area contributed by atoms with E-state index in [9.17, 15) is 4.79 Å². The van der Waals surface area contributed by atoms with Gasteiger partial charge in [-0.2, -0.15) is 5.06 Å². The van der Waals surface area contributed by atoms with Crippen molar-refractivity contribution in [3.63, 3.8) is 0 Å². The molecule has 0 radical (unpaired) electrons. The van der Waals surface area contributed by atoms with Gasteiger partial charge in [-0.1, -0.05) is 23.2 Å². The van der Waals surface area contributed by atoms with E-state index in [-0.39, 0.29) is 17.0 Å². The predicted molar refractivity (Wildman–Crippen MR) is 73.6 cm³/mol. The lowest BCUT2D eigenvalue weighted by atomic mass is 10.2. The van der Waals surface area contributed by atoms with Crippen LogP contribution in [0.2, 0.25) is 10.0 Å². The SMILES string of the molecule is Br.CC(=O)ON1C=c2c(Cl)c(Cl)ccc2=NC1N. The van der Waals surface area contributed by atoms with Crippen LogP contribution in [0.5, 0.6) is 0 Å². The first-order valence-electron chi connectivity index (χ1n) is 4.75. The van der Waals surface area contributed by atoms with Crippen molar-refractivity contribution in [2.75, 3.05) is 0 Å². The zero-order valence-corrected chi connectivity index (χ0v) is 12.5. The summed E-state index contributed by atoms with van der Waals surface area (Å²) in [4.78, 5) is 19.9. The van der Waals surface area contributed by atoms with Gasteiger partial charge in [-0.15, -0.1) is 17.0 Å². The van der Waals surface area contributed by atoms with E-state index < -0.39 is 12.3 Å². The molecule has 1 heterocycles. The molecule has 0 bridgehead atoms. The Kier molecular flexibility index (Phi) is 4.98. The molecule has 2 rings (SSSR count). The number of carbonyl (C=O) groups is 1. The van der Waals surface area contributed by atoms with Gasteiger partial charge in [-0.25, -0.2) is 4.99 Å². The fourth-order valence-corrected chi connectivity index (χ4v) is 1.80. The number of hydroxylamine groups is 2. The Bertz CT molecular complexity index is 594. The average Bonchev–Trinajstić information content (AvgIpc) is 2.25. The Labute approximate surface area is 124 Å². The number of fused-ring (bicyclic) bond motifs is 1. The molecule has 1 aromatic carbocycles. The number of benzene rings is 1. The molecule has 0 amide bonds. The summed E-state index contributed by atoms with van der Waals surface area (Å²) in [5.74, 6) is -0.492. The number of hydrogen-bond donors (Lipinski definition) is 1. The largest absolute Gasteiger partial charge is 0.338 e. The van der Waals surface area contributed by atoms with Gasteiger partial charge in [0.1, 0.15) is 0 Å². The second-order valence-electron chi connectivity index (χ2n) is 3.41. The van der Waals surface area contributed by atoms with Crippen molar-refractivity contribution in [1.29, 1.82) is 0 Å². The van der Waals surface area contributed by atoms with Crippen LogP contribution in [-0.4, -0.2) is 17.3 Å². The maximum absolute atomic E-state index is 10.9. The van der Waals surface area contributed by atoms with Crippen molar-refractivity contribution in [2.24, 2.45) is 10.7 Å². The minimum Gasteiger partial charge on any atom is -0.338 e. The number of rotatable bonds is 1. The molecule has 0 aromatic heterocycles. The van der Waals surface area contributed by atoms with Crippen LogP contribution in [0, 0.1) is 0 Å². The van der Waals surface area contributed by atoms with Gasteiger partial charge in [-0.3, -0.25) is 10.5 Å². The lowest BCUT2D eigenvalue weighted by Crippen LogP contribution is -2.47. The highest BCUT2D eigenvalue weighted by Gasteiger charge is 2.17. The molecule has 8 heteroatoms. The van der Waals surface area contributed by atoms with Crippen molar-refractivity contribution in [1.82, 2.24) is 5.06 Å². The molecule has 5 nitrogen and oxygen atoms in total. The minimum absolute atomic E-state index is 0. The van der Waals surface area contributed by atoms with Gasteiger partial charge in [0.05, 0.1) is 21.6 Å². The zero-order valence-electron chi connectivity index (χ0n) is 9.26. The smallest absolute Gasteiger partial charge is 0.329 e. The maximum atomic E-state index is 10.9. The van der Waals surface area contributed by atoms with Crippen molar-refractivity contribution in [3.05, 3.63) is 32.8 Å². The van der Waals surface area contributed by atoms with Crippen molar-refractivity contribution >= 4 is 52.4 Å². The molecular weight excluding hydrogens is 345 g/mol. The van der Waals surface area contributed by atoms with Crippen molar-refractivity contribution < 1.29 is 9.63 Å². The molecule has 1 aliphatic heterocycles. The summed E-state index contributed by atoms with van der Waals surface area (Å²) in [5.41, 5.74) is 5.70. The molecule has 0 saturated heterocycles. The fraction of sp³-hybridized carbons (Fsp3) is 0.200. The standard InChI is InChI=1S/C10H9Cl2N3O2.BrH/c1-5(16)17-15-4-6-8(14-10(15)13)3-2-7(11)9(6)12;/h2-4,10H,13H2,1H3;1H. The number of hydrogen-bond acceptors (Lipinski definition) is 5. The van der Waals surface area contributed by atoms with Crippen LogP contribution < -0.4 is 16.3 Å². The highest BCUT2D eigenvalue weighted by Crippen LogP contribution is 2.16. The topological polar surface area (TPSA) is 67.9 Å². The molecule has 1 aliphatic rings. The Morgan fingerprint density at radius 2 is 2.17 bits per heavy atom. The highest BCUT2D eigenvalue weighted by atomic mass is 79.9. The third kappa shape index (κ3) is 2.95.